The summed E-state index contributed by atoms with van der Waals surface area (Å²) in [6.45, 7) is 6.84. The number of hydrogen-bond donors (Lipinski definition) is 1. The second-order valence-corrected chi connectivity index (χ2v) is 3.93. The van der Waals surface area contributed by atoms with Gasteiger partial charge < -0.3 is 5.73 Å². The van der Waals surface area contributed by atoms with E-state index in [-0.39, 0.29) is 11.9 Å². The molecule has 3 heteroatoms. The van der Waals surface area contributed by atoms with Gasteiger partial charge in [-0.2, -0.15) is 0 Å². The topological polar surface area (TPSA) is 29.3 Å². The van der Waals surface area contributed by atoms with E-state index in [1.54, 1.807) is 0 Å². The number of benzene rings is 1. The molecule has 0 saturated carbocycles. The lowest BCUT2D eigenvalue weighted by Crippen LogP contribution is -2.34. The summed E-state index contributed by atoms with van der Waals surface area (Å²) < 4.78 is 12.8. The molecule has 1 aromatic carbocycles. The van der Waals surface area contributed by atoms with Crippen molar-refractivity contribution < 1.29 is 4.39 Å². The van der Waals surface area contributed by atoms with Gasteiger partial charge in [0.15, 0.2) is 0 Å². The molecule has 0 aromatic heterocycles. The van der Waals surface area contributed by atoms with Crippen LogP contribution in [0.15, 0.2) is 24.3 Å². The number of hydrogen-bond acceptors (Lipinski definition) is 2. The van der Waals surface area contributed by atoms with E-state index in [4.69, 9.17) is 5.73 Å². The van der Waals surface area contributed by atoms with Crippen LogP contribution in [0, 0.1) is 5.82 Å². The first-order chi connectivity index (χ1) is 7.72. The zero-order valence-electron chi connectivity index (χ0n) is 10.1. The maximum Gasteiger partial charge on any atom is 0.123 e. The number of nitrogens with two attached hydrogens (primary N) is 1. The largest absolute Gasteiger partial charge is 0.329 e. The van der Waals surface area contributed by atoms with E-state index in [0.29, 0.717) is 6.54 Å². The first-order valence-electron chi connectivity index (χ1n) is 5.92. The highest BCUT2D eigenvalue weighted by atomic mass is 19.1. The lowest BCUT2D eigenvalue weighted by molar-refractivity contribution is 0.212. The molecule has 1 aromatic rings. The van der Waals surface area contributed by atoms with Crippen LogP contribution < -0.4 is 5.73 Å². The summed E-state index contributed by atoms with van der Waals surface area (Å²) in [7, 11) is 0. The van der Waals surface area contributed by atoms with E-state index in [1.807, 2.05) is 12.1 Å². The van der Waals surface area contributed by atoms with Crippen molar-refractivity contribution in [2.45, 2.75) is 26.3 Å². The third-order valence-electron chi connectivity index (χ3n) is 2.84. The van der Waals surface area contributed by atoms with E-state index in [9.17, 15) is 4.39 Å². The molecule has 0 aliphatic carbocycles. The fraction of sp³-hybridized carbons (Fsp3) is 0.538. The van der Waals surface area contributed by atoms with Crippen LogP contribution in [0.1, 0.15) is 31.9 Å². The third-order valence-corrected chi connectivity index (χ3v) is 2.84. The molecule has 0 amide bonds. The Morgan fingerprint density at radius 3 is 2.31 bits per heavy atom. The van der Waals surface area contributed by atoms with Gasteiger partial charge in [0.1, 0.15) is 5.82 Å². The minimum Gasteiger partial charge on any atom is -0.329 e. The van der Waals surface area contributed by atoms with Crippen LogP contribution in [0.2, 0.25) is 0 Å². The summed E-state index contributed by atoms with van der Waals surface area (Å²) in [6, 6.07) is 6.84. The molecule has 0 saturated heterocycles. The van der Waals surface area contributed by atoms with E-state index >= 15 is 0 Å². The molecular formula is C13H21FN2. The van der Waals surface area contributed by atoms with Gasteiger partial charge in [-0.05, 0) is 37.2 Å². The zero-order valence-corrected chi connectivity index (χ0v) is 10.1. The minimum atomic E-state index is -0.196. The highest BCUT2D eigenvalue weighted by Crippen LogP contribution is 2.19. The molecule has 1 rings (SSSR count). The Morgan fingerprint density at radius 1 is 1.25 bits per heavy atom. The Balaban J connectivity index is 2.83. The van der Waals surface area contributed by atoms with Gasteiger partial charge in [0.05, 0.1) is 0 Å². The van der Waals surface area contributed by atoms with Crippen molar-refractivity contribution in [3.63, 3.8) is 0 Å². The minimum absolute atomic E-state index is 0.196. The number of likely N-dealkylation sites (N-methyl/N-ethyl adjacent to an activating group) is 1. The molecule has 16 heavy (non-hydrogen) atoms. The molecule has 90 valence electrons. The highest BCUT2D eigenvalue weighted by molar-refractivity contribution is 5.20. The second-order valence-electron chi connectivity index (χ2n) is 3.93. The van der Waals surface area contributed by atoms with Gasteiger partial charge in [-0.25, -0.2) is 4.39 Å². The van der Waals surface area contributed by atoms with Gasteiger partial charge in [-0.15, -0.1) is 0 Å². The van der Waals surface area contributed by atoms with Crippen molar-refractivity contribution in [3.8, 4) is 0 Å². The van der Waals surface area contributed by atoms with Crippen LogP contribution in [0.4, 0.5) is 4.39 Å². The van der Waals surface area contributed by atoms with Crippen LogP contribution in [0.3, 0.4) is 0 Å². The molecule has 0 heterocycles. The fourth-order valence-corrected chi connectivity index (χ4v) is 2.00. The number of halogens is 1. The lowest BCUT2D eigenvalue weighted by atomic mass is 10.1. The van der Waals surface area contributed by atoms with E-state index in [1.165, 1.54) is 12.1 Å². The molecule has 2 N–H and O–H groups in total. The maximum atomic E-state index is 12.8. The van der Waals surface area contributed by atoms with E-state index in [0.717, 1.165) is 25.1 Å². The van der Waals surface area contributed by atoms with Crippen LogP contribution in [0.5, 0.6) is 0 Å². The molecule has 2 nitrogen and oxygen atoms in total. The van der Waals surface area contributed by atoms with Crippen LogP contribution in [-0.2, 0) is 0 Å². The Labute approximate surface area is 97.3 Å². The summed E-state index contributed by atoms with van der Waals surface area (Å²) in [4.78, 5) is 2.33. The molecule has 0 aliphatic heterocycles. The summed E-state index contributed by atoms with van der Waals surface area (Å²) in [5.41, 5.74) is 6.91. The molecule has 0 fully saturated rings. The van der Waals surface area contributed by atoms with Crippen molar-refractivity contribution >= 4 is 0 Å². The average Bonchev–Trinajstić information content (AvgIpc) is 2.31. The van der Waals surface area contributed by atoms with E-state index in [2.05, 4.69) is 18.7 Å². The smallest absolute Gasteiger partial charge is 0.123 e. The standard InChI is InChI=1S/C13H21FN2/c1-3-9-16(4-2)13(10-15)11-5-7-12(14)8-6-11/h5-8,13H,3-4,9-10,15H2,1-2H3. The van der Waals surface area contributed by atoms with Crippen molar-refractivity contribution in [2.75, 3.05) is 19.6 Å². The highest BCUT2D eigenvalue weighted by Gasteiger charge is 2.16. The predicted octanol–water partition coefficient (Wildman–Crippen LogP) is 2.56. The fourth-order valence-electron chi connectivity index (χ4n) is 2.00. The van der Waals surface area contributed by atoms with Crippen molar-refractivity contribution in [1.29, 1.82) is 0 Å². The SMILES string of the molecule is CCCN(CC)C(CN)c1ccc(F)cc1. The Bertz CT molecular complexity index is 297. The van der Waals surface area contributed by atoms with Gasteiger partial charge in [-0.1, -0.05) is 26.0 Å². The van der Waals surface area contributed by atoms with Gasteiger partial charge in [0, 0.05) is 12.6 Å². The summed E-state index contributed by atoms with van der Waals surface area (Å²) in [5, 5.41) is 0. The molecule has 1 atom stereocenters. The van der Waals surface area contributed by atoms with Crippen LogP contribution in [0.25, 0.3) is 0 Å². The average molecular weight is 224 g/mol. The lowest BCUT2D eigenvalue weighted by Gasteiger charge is -2.29. The third kappa shape index (κ3) is 3.29. The first-order valence-corrected chi connectivity index (χ1v) is 5.92. The Morgan fingerprint density at radius 2 is 1.88 bits per heavy atom. The number of rotatable bonds is 6. The molecule has 0 bridgehead atoms. The van der Waals surface area contributed by atoms with Crippen LogP contribution in [-0.4, -0.2) is 24.5 Å². The Kier molecular flexibility index (Phi) is 5.43. The summed E-state index contributed by atoms with van der Waals surface area (Å²) in [5.74, 6) is -0.196. The van der Waals surface area contributed by atoms with Gasteiger partial charge >= 0.3 is 0 Å². The van der Waals surface area contributed by atoms with E-state index < -0.39 is 0 Å². The maximum absolute atomic E-state index is 12.8. The normalized spacial score (nSPS) is 13.1. The quantitative estimate of drug-likeness (QED) is 0.804. The monoisotopic (exact) mass is 224 g/mol. The summed E-state index contributed by atoms with van der Waals surface area (Å²) >= 11 is 0. The molecule has 0 radical (unpaired) electrons. The Hall–Kier alpha value is -0.930. The molecule has 0 spiro atoms. The van der Waals surface area contributed by atoms with Crippen LogP contribution >= 0.6 is 0 Å². The van der Waals surface area contributed by atoms with Crippen molar-refractivity contribution in [1.82, 2.24) is 4.90 Å². The molecule has 0 aliphatic rings. The first kappa shape index (κ1) is 13.1. The van der Waals surface area contributed by atoms with Crippen molar-refractivity contribution in [2.24, 2.45) is 5.73 Å². The van der Waals surface area contributed by atoms with Gasteiger partial charge in [0.25, 0.3) is 0 Å². The molecule has 1 unspecified atom stereocenters. The van der Waals surface area contributed by atoms with Gasteiger partial charge in [-0.3, -0.25) is 4.90 Å². The second kappa shape index (κ2) is 6.61. The molecular weight excluding hydrogens is 203 g/mol. The summed E-state index contributed by atoms with van der Waals surface area (Å²) in [6.07, 6.45) is 1.10. The van der Waals surface area contributed by atoms with Crippen molar-refractivity contribution in [3.05, 3.63) is 35.6 Å². The number of nitrogens with zero attached hydrogens (tertiary/aromatic N) is 1. The van der Waals surface area contributed by atoms with Gasteiger partial charge in [0.2, 0.25) is 0 Å². The zero-order chi connectivity index (χ0) is 12.0. The predicted molar refractivity (Wildman–Crippen MR) is 65.7 cm³/mol.